The molecule has 1 rings (SSSR count). The van der Waals surface area contributed by atoms with Crippen molar-refractivity contribution >= 4 is 31.6 Å². The first kappa shape index (κ1) is 16.3. The molecule has 1 aromatic carbocycles. The van der Waals surface area contributed by atoms with E-state index in [0.717, 1.165) is 18.2 Å². The van der Waals surface area contributed by atoms with Crippen LogP contribution in [0.25, 0.3) is 0 Å². The highest BCUT2D eigenvalue weighted by molar-refractivity contribution is 7.91. The van der Waals surface area contributed by atoms with E-state index in [-0.39, 0.29) is 5.69 Å². The molecule has 0 bridgehead atoms. The molecule has 0 saturated heterocycles. The molecular weight excluding hydrogens is 316 g/mol. The van der Waals surface area contributed by atoms with Gasteiger partial charge in [-0.2, -0.15) is 8.42 Å². The van der Waals surface area contributed by atoms with Crippen LogP contribution in [-0.4, -0.2) is 38.7 Å². The molecule has 3 N–H and O–H groups in total. The van der Waals surface area contributed by atoms with Gasteiger partial charge in [-0.1, -0.05) is 0 Å². The fraction of sp³-hybridized carbons (Fsp3) is 0.250. The molecule has 1 aromatic rings. The van der Waals surface area contributed by atoms with E-state index in [2.05, 4.69) is 4.18 Å². The molecule has 10 nitrogen and oxygen atoms in total. The number of rotatable bonds is 6. The van der Waals surface area contributed by atoms with Crippen molar-refractivity contribution in [1.82, 2.24) is 0 Å². The van der Waals surface area contributed by atoms with Crippen molar-refractivity contribution in [2.45, 2.75) is 4.90 Å². The number of benzene rings is 1. The maximum atomic E-state index is 11.8. The zero-order valence-corrected chi connectivity index (χ0v) is 11.4. The fourth-order valence-electron chi connectivity index (χ4n) is 1.24. The summed E-state index contributed by atoms with van der Waals surface area (Å²) >= 11 is 0. The molecule has 0 amide bonds. The van der Waals surface area contributed by atoms with E-state index < -0.39 is 48.1 Å². The summed E-state index contributed by atoms with van der Waals surface area (Å²) < 4.78 is 56.3. The summed E-state index contributed by atoms with van der Waals surface area (Å²) in [5, 5.41) is 10.6. The number of sulfone groups is 1. The summed E-state index contributed by atoms with van der Waals surface area (Å²) in [7, 11) is -8.77. The third-order valence-electron chi connectivity index (χ3n) is 2.14. The molecule has 0 heterocycles. The lowest BCUT2D eigenvalue weighted by molar-refractivity contribution is -0.384. The van der Waals surface area contributed by atoms with Gasteiger partial charge in [-0.25, -0.2) is 12.6 Å². The lowest BCUT2D eigenvalue weighted by atomic mass is 10.3. The highest BCUT2D eigenvalue weighted by Crippen LogP contribution is 2.25. The van der Waals surface area contributed by atoms with Gasteiger partial charge < -0.3 is 5.73 Å². The first-order valence-corrected chi connectivity index (χ1v) is 7.93. The zero-order chi connectivity index (χ0) is 15.6. The monoisotopic (exact) mass is 326 g/mol. The minimum absolute atomic E-state index is 0.205. The Morgan fingerprint density at radius 3 is 2.40 bits per heavy atom. The third-order valence-corrected chi connectivity index (χ3v) is 4.28. The molecule has 0 atom stereocenters. The maximum Gasteiger partial charge on any atom is 0.397 e. The Morgan fingerprint density at radius 1 is 1.30 bits per heavy atom. The summed E-state index contributed by atoms with van der Waals surface area (Å²) in [6, 6.07) is 2.86. The van der Waals surface area contributed by atoms with Crippen LogP contribution in [0.1, 0.15) is 0 Å². The van der Waals surface area contributed by atoms with Crippen molar-refractivity contribution in [3.8, 4) is 0 Å². The maximum absolute atomic E-state index is 11.8. The molecule has 0 aromatic heterocycles. The largest absolute Gasteiger partial charge is 0.397 e. The molecule has 112 valence electrons. The van der Waals surface area contributed by atoms with Crippen molar-refractivity contribution in [2.75, 3.05) is 18.1 Å². The predicted molar refractivity (Wildman–Crippen MR) is 67.1 cm³/mol. The Hall–Kier alpha value is -1.76. The fourth-order valence-corrected chi connectivity index (χ4v) is 2.75. The minimum Gasteiger partial charge on any atom is -0.393 e. The second-order valence-corrected chi connectivity index (χ2v) is 6.75. The van der Waals surface area contributed by atoms with Crippen LogP contribution >= 0.6 is 0 Å². The molecule has 0 aliphatic heterocycles. The number of nitro groups is 1. The van der Waals surface area contributed by atoms with E-state index in [1.807, 2.05) is 0 Å². The number of nitrogens with zero attached hydrogens (tertiary/aromatic N) is 1. The van der Waals surface area contributed by atoms with Gasteiger partial charge in [0.1, 0.15) is 5.69 Å². The van der Waals surface area contributed by atoms with Gasteiger partial charge in [-0.3, -0.25) is 14.7 Å². The summed E-state index contributed by atoms with van der Waals surface area (Å²) in [5.41, 5.74) is 4.53. The Labute approximate surface area is 114 Å². The van der Waals surface area contributed by atoms with Crippen LogP contribution in [0.3, 0.4) is 0 Å². The van der Waals surface area contributed by atoms with Crippen molar-refractivity contribution in [3.05, 3.63) is 28.3 Å². The standard InChI is InChI=1S/C8H10N2O8S2/c9-7-2-1-6(5-8(7)10(11)12)19(13,14)4-3-18-20(15,16)17/h1-2,5H,3-4,9H2,(H,15,16,17). The molecule has 0 radical (unpaired) electrons. The van der Waals surface area contributed by atoms with Crippen LogP contribution in [0, 0.1) is 10.1 Å². The molecule has 20 heavy (non-hydrogen) atoms. The van der Waals surface area contributed by atoms with E-state index >= 15 is 0 Å². The molecule has 0 unspecified atom stereocenters. The molecule has 12 heteroatoms. The second kappa shape index (κ2) is 5.70. The van der Waals surface area contributed by atoms with Crippen molar-refractivity contribution in [3.63, 3.8) is 0 Å². The average Bonchev–Trinajstić information content (AvgIpc) is 2.26. The number of anilines is 1. The predicted octanol–water partition coefficient (Wildman–Crippen LogP) is -0.230. The first-order valence-electron chi connectivity index (χ1n) is 4.91. The minimum atomic E-state index is -4.75. The van der Waals surface area contributed by atoms with E-state index in [4.69, 9.17) is 10.3 Å². The van der Waals surface area contributed by atoms with Crippen molar-refractivity contribution in [1.29, 1.82) is 0 Å². The van der Waals surface area contributed by atoms with Gasteiger partial charge in [0.15, 0.2) is 9.84 Å². The smallest absolute Gasteiger partial charge is 0.393 e. The number of nitro benzene ring substituents is 1. The summed E-state index contributed by atoms with van der Waals surface area (Å²) in [5.74, 6) is -0.784. The topological polar surface area (TPSA) is 167 Å². The van der Waals surface area contributed by atoms with Crippen LogP contribution in [0.4, 0.5) is 11.4 Å². The summed E-state index contributed by atoms with van der Waals surface area (Å²) in [4.78, 5) is 9.39. The molecule has 0 aliphatic rings. The number of hydrogen-bond donors (Lipinski definition) is 2. The van der Waals surface area contributed by atoms with Gasteiger partial charge in [-0.05, 0) is 12.1 Å². The van der Waals surface area contributed by atoms with Crippen LogP contribution < -0.4 is 5.73 Å². The van der Waals surface area contributed by atoms with Gasteiger partial charge in [0.25, 0.3) is 5.69 Å². The number of hydrogen-bond acceptors (Lipinski definition) is 8. The Balaban J connectivity index is 2.99. The van der Waals surface area contributed by atoms with Gasteiger partial charge in [0, 0.05) is 6.07 Å². The molecule has 0 aliphatic carbocycles. The first-order chi connectivity index (χ1) is 9.03. The van der Waals surface area contributed by atoms with Gasteiger partial charge >= 0.3 is 10.4 Å². The van der Waals surface area contributed by atoms with Crippen LogP contribution in [0.15, 0.2) is 23.1 Å². The Bertz CT molecular complexity index is 725. The highest BCUT2D eigenvalue weighted by Gasteiger charge is 2.21. The average molecular weight is 326 g/mol. The van der Waals surface area contributed by atoms with E-state index in [1.165, 1.54) is 0 Å². The Kier molecular flexibility index (Phi) is 4.65. The highest BCUT2D eigenvalue weighted by atomic mass is 32.3. The van der Waals surface area contributed by atoms with Crippen LogP contribution in [0.2, 0.25) is 0 Å². The van der Waals surface area contributed by atoms with E-state index in [1.54, 1.807) is 0 Å². The van der Waals surface area contributed by atoms with Crippen molar-refractivity contribution in [2.24, 2.45) is 0 Å². The Morgan fingerprint density at radius 2 is 1.90 bits per heavy atom. The van der Waals surface area contributed by atoms with Crippen LogP contribution in [-0.2, 0) is 24.4 Å². The van der Waals surface area contributed by atoms with Gasteiger partial charge in [-0.15, -0.1) is 0 Å². The van der Waals surface area contributed by atoms with Gasteiger partial charge in [0.05, 0.1) is 22.2 Å². The van der Waals surface area contributed by atoms with Crippen LogP contribution in [0.5, 0.6) is 0 Å². The van der Waals surface area contributed by atoms with Crippen molar-refractivity contribution < 1.29 is 30.5 Å². The normalized spacial score (nSPS) is 12.2. The lowest BCUT2D eigenvalue weighted by Gasteiger charge is -2.05. The lowest BCUT2D eigenvalue weighted by Crippen LogP contribution is -2.15. The number of nitrogens with two attached hydrogens (primary N) is 1. The number of nitrogen functional groups attached to an aromatic ring is 1. The second-order valence-electron chi connectivity index (χ2n) is 3.55. The SMILES string of the molecule is Nc1ccc(S(=O)(=O)CCOS(=O)(=O)O)cc1[N+](=O)[O-]. The quantitative estimate of drug-likeness (QED) is 0.310. The zero-order valence-electron chi connectivity index (χ0n) is 9.79. The van der Waals surface area contributed by atoms with E-state index in [9.17, 15) is 26.9 Å². The summed E-state index contributed by atoms with van der Waals surface area (Å²) in [6.45, 7) is -0.820. The van der Waals surface area contributed by atoms with Gasteiger partial charge in [0.2, 0.25) is 0 Å². The molecule has 0 spiro atoms. The molecule has 0 fully saturated rings. The van der Waals surface area contributed by atoms with E-state index in [0.29, 0.717) is 0 Å². The third kappa shape index (κ3) is 4.41. The molecule has 0 saturated carbocycles. The molecular formula is C8H10N2O8S2. The summed E-state index contributed by atoms with van der Waals surface area (Å²) in [6.07, 6.45) is 0.